The highest BCUT2D eigenvalue weighted by molar-refractivity contribution is 9.10. The van der Waals surface area contributed by atoms with E-state index in [1.54, 1.807) is 7.11 Å². The molecule has 5 nitrogen and oxygen atoms in total. The molecule has 3 rings (SSSR count). The summed E-state index contributed by atoms with van der Waals surface area (Å²) in [6.45, 7) is 5.12. The molecule has 25 heavy (non-hydrogen) atoms. The molecule has 0 saturated carbocycles. The van der Waals surface area contributed by atoms with Crippen LogP contribution in [0.25, 0.3) is 11.3 Å². The molecule has 0 atom stereocenters. The van der Waals surface area contributed by atoms with Crippen molar-refractivity contribution in [2.24, 2.45) is 0 Å². The van der Waals surface area contributed by atoms with Crippen LogP contribution in [0.2, 0.25) is 0 Å². The van der Waals surface area contributed by atoms with Gasteiger partial charge in [-0.15, -0.1) is 0 Å². The Morgan fingerprint density at radius 1 is 1.32 bits per heavy atom. The summed E-state index contributed by atoms with van der Waals surface area (Å²) in [5.41, 5.74) is 4.85. The predicted molar refractivity (Wildman–Crippen MR) is 100 cm³/mol. The number of aromatic nitrogens is 2. The van der Waals surface area contributed by atoms with Crippen LogP contribution in [0.5, 0.6) is 5.75 Å². The van der Waals surface area contributed by atoms with Gasteiger partial charge >= 0.3 is 5.97 Å². The zero-order chi connectivity index (χ0) is 18.0. The number of halogens is 1. The van der Waals surface area contributed by atoms with Gasteiger partial charge in [0.2, 0.25) is 0 Å². The van der Waals surface area contributed by atoms with Crippen molar-refractivity contribution in [1.29, 1.82) is 0 Å². The lowest BCUT2D eigenvalue weighted by Gasteiger charge is -2.20. The second-order valence-electron chi connectivity index (χ2n) is 6.12. The quantitative estimate of drug-likeness (QED) is 0.667. The average Bonchev–Trinajstić information content (AvgIpc) is 2.98. The maximum atomic E-state index is 12.4. The van der Waals surface area contributed by atoms with Gasteiger partial charge in [-0.05, 0) is 59.8 Å². The molecule has 1 heterocycles. The predicted octanol–water partition coefficient (Wildman–Crippen LogP) is 4.40. The zero-order valence-corrected chi connectivity index (χ0v) is 16.5. The minimum atomic E-state index is -0.329. The normalized spacial score (nSPS) is 12.5. The first-order valence-corrected chi connectivity index (χ1v) is 9.53. The summed E-state index contributed by atoms with van der Waals surface area (Å²) in [6.07, 6.45) is 3.73. The minimum Gasteiger partial charge on any atom is -0.496 e. The summed E-state index contributed by atoms with van der Waals surface area (Å²) in [4.78, 5) is 12.4. The molecule has 0 bridgehead atoms. The number of methoxy groups -OCH3 is 1. The van der Waals surface area contributed by atoms with Gasteiger partial charge in [-0.3, -0.25) is 4.68 Å². The molecule has 0 saturated heterocycles. The Bertz CT molecular complexity index is 798. The van der Waals surface area contributed by atoms with Crippen molar-refractivity contribution in [3.63, 3.8) is 0 Å². The molecule has 134 valence electrons. The maximum Gasteiger partial charge on any atom is 0.359 e. The molecule has 0 spiro atoms. The van der Waals surface area contributed by atoms with E-state index in [1.165, 1.54) is 5.56 Å². The smallest absolute Gasteiger partial charge is 0.359 e. The first-order chi connectivity index (χ1) is 12.1. The first kappa shape index (κ1) is 18.0. The Morgan fingerprint density at radius 2 is 2.12 bits per heavy atom. The number of fused-ring (bicyclic) bond motifs is 3. The summed E-state index contributed by atoms with van der Waals surface area (Å²) >= 11 is 3.58. The Labute approximate surface area is 156 Å². The van der Waals surface area contributed by atoms with Gasteiger partial charge in [0.25, 0.3) is 0 Å². The van der Waals surface area contributed by atoms with E-state index in [1.807, 2.05) is 11.6 Å². The molecular formula is C19H23BrN2O3. The number of benzene rings is 1. The second kappa shape index (κ2) is 7.60. The number of hydrogen-bond acceptors (Lipinski definition) is 4. The van der Waals surface area contributed by atoms with Crippen LogP contribution < -0.4 is 4.74 Å². The highest BCUT2D eigenvalue weighted by Crippen LogP contribution is 2.40. The fourth-order valence-electron chi connectivity index (χ4n) is 3.31. The van der Waals surface area contributed by atoms with Crippen LogP contribution in [0.3, 0.4) is 0 Å². The SMILES string of the molecule is CCCCn1nc(C(=O)OCC)c2c1-c1cc(Br)c(OC)cc1CC2. The first-order valence-electron chi connectivity index (χ1n) is 8.74. The van der Waals surface area contributed by atoms with Gasteiger partial charge in [0.05, 0.1) is 23.9 Å². The van der Waals surface area contributed by atoms with E-state index in [9.17, 15) is 4.79 Å². The number of aryl methyl sites for hydroxylation is 2. The van der Waals surface area contributed by atoms with Crippen molar-refractivity contribution in [1.82, 2.24) is 9.78 Å². The van der Waals surface area contributed by atoms with Crippen LogP contribution in [-0.4, -0.2) is 29.5 Å². The number of hydrogen-bond donors (Lipinski definition) is 0. The topological polar surface area (TPSA) is 53.4 Å². The van der Waals surface area contributed by atoms with Gasteiger partial charge < -0.3 is 9.47 Å². The molecule has 1 aromatic carbocycles. The standard InChI is InChI=1S/C19H23BrN2O3/c1-4-6-9-22-18-13(17(21-22)19(23)25-5-2)8-7-12-10-16(24-3)15(20)11-14(12)18/h10-11H,4-9H2,1-3H3. The fraction of sp³-hybridized carbons (Fsp3) is 0.474. The molecule has 1 aliphatic carbocycles. The van der Waals surface area contributed by atoms with Crippen molar-refractivity contribution in [2.45, 2.75) is 46.1 Å². The number of nitrogens with zero attached hydrogens (tertiary/aromatic N) is 2. The molecule has 1 aromatic heterocycles. The number of unbranched alkanes of at least 4 members (excludes halogenated alkanes) is 1. The van der Waals surface area contributed by atoms with Crippen molar-refractivity contribution >= 4 is 21.9 Å². The monoisotopic (exact) mass is 406 g/mol. The van der Waals surface area contributed by atoms with Gasteiger partial charge in [-0.2, -0.15) is 5.10 Å². The number of rotatable bonds is 6. The van der Waals surface area contributed by atoms with Crippen molar-refractivity contribution in [2.75, 3.05) is 13.7 Å². The van der Waals surface area contributed by atoms with Gasteiger partial charge in [0, 0.05) is 17.7 Å². The molecule has 0 amide bonds. The van der Waals surface area contributed by atoms with Crippen LogP contribution >= 0.6 is 15.9 Å². The maximum absolute atomic E-state index is 12.4. The van der Waals surface area contributed by atoms with Gasteiger partial charge in [0.1, 0.15) is 5.75 Å². The fourth-order valence-corrected chi connectivity index (χ4v) is 3.81. The van der Waals surface area contributed by atoms with E-state index in [-0.39, 0.29) is 5.97 Å². The molecule has 6 heteroatoms. The third-order valence-corrected chi connectivity index (χ3v) is 5.14. The van der Waals surface area contributed by atoms with E-state index in [0.717, 1.165) is 59.3 Å². The molecule has 0 unspecified atom stereocenters. The number of carbonyl (C=O) groups excluding carboxylic acids is 1. The highest BCUT2D eigenvalue weighted by Gasteiger charge is 2.29. The van der Waals surface area contributed by atoms with Gasteiger partial charge in [-0.1, -0.05) is 13.3 Å². The van der Waals surface area contributed by atoms with E-state index in [0.29, 0.717) is 12.3 Å². The largest absolute Gasteiger partial charge is 0.496 e. The number of carbonyl (C=O) groups is 1. The number of ether oxygens (including phenoxy) is 2. The summed E-state index contributed by atoms with van der Waals surface area (Å²) in [6, 6.07) is 4.15. The average molecular weight is 407 g/mol. The van der Waals surface area contributed by atoms with Crippen molar-refractivity contribution in [3.05, 3.63) is 33.4 Å². The Balaban J connectivity index is 2.15. The van der Waals surface area contributed by atoms with Gasteiger partial charge in [0.15, 0.2) is 5.69 Å². The van der Waals surface area contributed by atoms with E-state index >= 15 is 0 Å². The lowest BCUT2D eigenvalue weighted by molar-refractivity contribution is 0.0517. The summed E-state index contributed by atoms with van der Waals surface area (Å²) < 4.78 is 13.5. The molecule has 0 radical (unpaired) electrons. The molecule has 0 fully saturated rings. The number of esters is 1. The Hall–Kier alpha value is -1.82. The third-order valence-electron chi connectivity index (χ3n) is 4.52. The lowest BCUT2D eigenvalue weighted by Crippen LogP contribution is -2.11. The summed E-state index contributed by atoms with van der Waals surface area (Å²) in [7, 11) is 1.67. The van der Waals surface area contributed by atoms with Crippen LogP contribution in [0, 0.1) is 0 Å². The minimum absolute atomic E-state index is 0.329. The van der Waals surface area contributed by atoms with Crippen molar-refractivity contribution in [3.8, 4) is 17.0 Å². The van der Waals surface area contributed by atoms with Crippen LogP contribution in [0.15, 0.2) is 16.6 Å². The summed E-state index contributed by atoms with van der Waals surface area (Å²) in [5, 5.41) is 4.61. The zero-order valence-electron chi connectivity index (χ0n) is 14.9. The Morgan fingerprint density at radius 3 is 2.80 bits per heavy atom. The molecule has 1 aliphatic rings. The van der Waals surface area contributed by atoms with Crippen LogP contribution in [0.4, 0.5) is 0 Å². The van der Waals surface area contributed by atoms with Gasteiger partial charge in [-0.25, -0.2) is 4.79 Å². The molecule has 0 N–H and O–H groups in total. The second-order valence-corrected chi connectivity index (χ2v) is 6.97. The van der Waals surface area contributed by atoms with E-state index in [2.05, 4.69) is 40.1 Å². The lowest BCUT2D eigenvalue weighted by atomic mass is 9.88. The highest BCUT2D eigenvalue weighted by atomic mass is 79.9. The summed E-state index contributed by atoms with van der Waals surface area (Å²) in [5.74, 6) is 0.498. The third kappa shape index (κ3) is 3.32. The van der Waals surface area contributed by atoms with Crippen LogP contribution in [-0.2, 0) is 24.1 Å². The van der Waals surface area contributed by atoms with E-state index in [4.69, 9.17) is 9.47 Å². The van der Waals surface area contributed by atoms with Crippen LogP contribution in [0.1, 0.15) is 48.3 Å². The molecular weight excluding hydrogens is 384 g/mol. The molecule has 2 aromatic rings. The molecule has 0 aliphatic heterocycles. The van der Waals surface area contributed by atoms with E-state index < -0.39 is 0 Å². The van der Waals surface area contributed by atoms with Crippen molar-refractivity contribution < 1.29 is 14.3 Å². The Kier molecular flexibility index (Phi) is 5.47.